The first-order valence-electron chi connectivity index (χ1n) is 14.8. The van der Waals surface area contributed by atoms with E-state index in [1.807, 2.05) is 0 Å². The summed E-state index contributed by atoms with van der Waals surface area (Å²) in [6.07, 6.45) is -31.7. The van der Waals surface area contributed by atoms with Crippen molar-refractivity contribution in [2.75, 3.05) is 19.8 Å². The predicted molar refractivity (Wildman–Crippen MR) is 147 cm³/mol. The van der Waals surface area contributed by atoms with E-state index < -0.39 is 140 Å². The fraction of sp³-hybridized carbons (Fsp3) is 0.679. The van der Waals surface area contributed by atoms with Gasteiger partial charge in [-0.25, -0.2) is 4.79 Å². The van der Waals surface area contributed by atoms with Crippen molar-refractivity contribution < 1.29 is 97.1 Å². The molecule has 5 rings (SSSR count). The molecular weight excluding hydrogens is 681 g/mol. The van der Waals surface area contributed by atoms with E-state index in [1.54, 1.807) is 0 Å². The van der Waals surface area contributed by atoms with Gasteiger partial charge < -0.3 is 83.9 Å². The zero-order valence-electron chi connectivity index (χ0n) is 25.0. The Balaban J connectivity index is 1.27. The summed E-state index contributed by atoms with van der Waals surface area (Å²) in [6.45, 7) is -2.61. The van der Waals surface area contributed by atoms with Gasteiger partial charge >= 0.3 is 11.8 Å². The van der Waals surface area contributed by atoms with Crippen LogP contribution in [-0.2, 0) is 29.9 Å². The zero-order chi connectivity index (χ0) is 35.9. The summed E-state index contributed by atoms with van der Waals surface area (Å²) in [5.41, 5.74) is -3.08. The molecule has 3 aliphatic rings. The quantitative estimate of drug-likeness (QED) is 0.110. The number of rotatable bonds is 9. The largest absolute Gasteiger partial charge is 0.462 e. The van der Waals surface area contributed by atoms with Crippen LogP contribution in [0, 0.1) is 0 Å². The van der Waals surface area contributed by atoms with Crippen LogP contribution < -0.4 is 10.4 Å². The van der Waals surface area contributed by atoms with E-state index in [-0.39, 0.29) is 11.8 Å². The normalized spacial score (nSPS) is 40.4. The van der Waals surface area contributed by atoms with E-state index >= 15 is 0 Å². The third-order valence-corrected chi connectivity index (χ3v) is 8.35. The Morgan fingerprint density at radius 3 is 1.65 bits per heavy atom. The van der Waals surface area contributed by atoms with Crippen molar-refractivity contribution in [2.24, 2.45) is 0 Å². The van der Waals surface area contributed by atoms with Crippen LogP contribution in [-0.4, -0.2) is 163 Å². The van der Waals surface area contributed by atoms with E-state index in [0.29, 0.717) is 0 Å². The molecule has 276 valence electrons. The van der Waals surface area contributed by atoms with Gasteiger partial charge in [0.15, 0.2) is 12.6 Å². The molecule has 3 fully saturated rings. The number of fused-ring (bicyclic) bond motifs is 1. The highest BCUT2D eigenvalue weighted by Crippen LogP contribution is 2.36. The number of aliphatic hydroxyl groups excluding tert-OH is 10. The number of hydrogen-bond donors (Lipinski definition) is 10. The molecule has 49 heavy (non-hydrogen) atoms. The molecule has 21 heteroatoms. The summed E-state index contributed by atoms with van der Waals surface area (Å²) in [5, 5.41) is 102. The highest BCUT2D eigenvalue weighted by atomic mass is 19.4. The average molecular weight is 717 g/mol. The molecule has 10 N–H and O–H groups in total. The maximum absolute atomic E-state index is 13.4. The minimum atomic E-state index is -4.88. The van der Waals surface area contributed by atoms with Crippen molar-refractivity contribution >= 4 is 11.0 Å². The Hall–Kier alpha value is -2.58. The number of benzene rings is 1. The lowest BCUT2D eigenvalue weighted by Gasteiger charge is -2.48. The molecule has 4 heterocycles. The number of hydrogen-bond acceptors (Lipinski definition) is 18. The van der Waals surface area contributed by atoms with Gasteiger partial charge in [-0.15, -0.1) is 0 Å². The third kappa shape index (κ3) is 7.56. The molecule has 3 aliphatic heterocycles. The molecule has 18 nitrogen and oxygen atoms in total. The molecule has 0 saturated carbocycles. The average Bonchev–Trinajstić information content (AvgIpc) is 3.06. The predicted octanol–water partition coefficient (Wildman–Crippen LogP) is -4.36. The first-order valence-corrected chi connectivity index (χ1v) is 14.8. The van der Waals surface area contributed by atoms with Crippen LogP contribution in [0.5, 0.6) is 5.75 Å². The van der Waals surface area contributed by atoms with Gasteiger partial charge in [0.1, 0.15) is 84.6 Å². The van der Waals surface area contributed by atoms with Crippen molar-refractivity contribution in [2.45, 2.75) is 98.3 Å². The fourth-order valence-corrected chi connectivity index (χ4v) is 5.73. The molecule has 1 aromatic heterocycles. The fourth-order valence-electron chi connectivity index (χ4n) is 5.73. The minimum absolute atomic E-state index is 0.271. The lowest BCUT2D eigenvalue weighted by molar-refractivity contribution is -0.376. The molecule has 0 radical (unpaired) electrons. The molecular formula is C28H35F3O18. The maximum atomic E-state index is 13.4. The molecule has 1 aromatic carbocycles. The number of aliphatic hydroxyl groups is 10. The smallest absolute Gasteiger partial charge is 0.417 e. The lowest BCUT2D eigenvalue weighted by Crippen LogP contribution is -2.66. The van der Waals surface area contributed by atoms with Gasteiger partial charge in [0.05, 0.1) is 25.4 Å². The topological polar surface area (TPSA) is 288 Å². The van der Waals surface area contributed by atoms with Crippen molar-refractivity contribution in [1.82, 2.24) is 0 Å². The molecule has 0 amide bonds. The standard InChI is InChI=1S/C28H35F3O18/c29-28(30,31)10-4-15(35)44-11-3-8(1-2-9(10)11)43-25-21(41)18(38)23(13(6-33)46-25)49-27-22(42)19(39)24(14(7-34)47-27)48-26-20(40)17(37)16(36)12(5-32)45-26/h1-4,12-14,16-27,32-34,36-42H,5-7H2/t12-,13-,14-,16-,17+,18-,19-,20-,21-,22-,23-,24-,25-,26+,27-/m1/s1. The van der Waals surface area contributed by atoms with Crippen molar-refractivity contribution in [3.05, 3.63) is 40.2 Å². The van der Waals surface area contributed by atoms with Crippen molar-refractivity contribution in [1.29, 1.82) is 0 Å². The monoisotopic (exact) mass is 716 g/mol. The second-order valence-electron chi connectivity index (χ2n) is 11.6. The Bertz CT molecular complexity index is 1470. The van der Waals surface area contributed by atoms with Crippen LogP contribution in [0.3, 0.4) is 0 Å². The summed E-state index contributed by atoms with van der Waals surface area (Å²) in [7, 11) is 0. The molecule has 15 atom stereocenters. The van der Waals surface area contributed by atoms with Gasteiger partial charge in [0, 0.05) is 17.5 Å². The Morgan fingerprint density at radius 1 is 0.633 bits per heavy atom. The zero-order valence-corrected chi connectivity index (χ0v) is 25.0. The van der Waals surface area contributed by atoms with Crippen LogP contribution in [0.15, 0.2) is 33.5 Å². The highest BCUT2D eigenvalue weighted by molar-refractivity contribution is 5.82. The summed E-state index contributed by atoms with van der Waals surface area (Å²) < 4.78 is 77.8. The summed E-state index contributed by atoms with van der Waals surface area (Å²) in [5.74, 6) is -0.271. The van der Waals surface area contributed by atoms with E-state index in [0.717, 1.165) is 18.2 Å². The SMILES string of the molecule is O=c1cc(C(F)(F)F)c2ccc(O[C@@H]3O[C@H](CO)[C@@H](O[C@H]4O[C@H](CO)[C@@H](O[C@@H]5O[C@H](CO)[C@@H](O)[C@H](O)[C@H]5O)[C@H](O)[C@H]4O)[C@H](O)[C@H]3O)cc2o1. The first-order chi connectivity index (χ1) is 23.1. The van der Waals surface area contributed by atoms with Crippen molar-refractivity contribution in [3.63, 3.8) is 0 Å². The molecule has 2 aromatic rings. The molecule has 0 unspecified atom stereocenters. The second-order valence-corrected chi connectivity index (χ2v) is 11.6. The Labute approximate surface area is 272 Å². The first kappa shape index (κ1) is 37.7. The Morgan fingerprint density at radius 2 is 1.12 bits per heavy atom. The van der Waals surface area contributed by atoms with E-state index in [1.165, 1.54) is 0 Å². The second kappa shape index (κ2) is 15.0. The molecule has 0 bridgehead atoms. The molecule has 0 spiro atoms. The van der Waals surface area contributed by atoms with Gasteiger partial charge in [-0.3, -0.25) is 0 Å². The van der Waals surface area contributed by atoms with Gasteiger partial charge in [-0.05, 0) is 12.1 Å². The number of ether oxygens (including phenoxy) is 6. The van der Waals surface area contributed by atoms with E-state index in [2.05, 4.69) is 0 Å². The van der Waals surface area contributed by atoms with Crippen LogP contribution in [0.25, 0.3) is 11.0 Å². The maximum Gasteiger partial charge on any atom is 0.417 e. The van der Waals surface area contributed by atoms with Crippen molar-refractivity contribution in [3.8, 4) is 5.75 Å². The van der Waals surface area contributed by atoms with Crippen LogP contribution in [0.1, 0.15) is 5.56 Å². The van der Waals surface area contributed by atoms with Gasteiger partial charge in [0.2, 0.25) is 6.29 Å². The van der Waals surface area contributed by atoms with Crippen LogP contribution in [0.4, 0.5) is 13.2 Å². The van der Waals surface area contributed by atoms with E-state index in [9.17, 15) is 69.0 Å². The minimum Gasteiger partial charge on any atom is -0.462 e. The van der Waals surface area contributed by atoms with Crippen LogP contribution >= 0.6 is 0 Å². The Kier molecular flexibility index (Phi) is 11.5. The third-order valence-electron chi connectivity index (χ3n) is 8.35. The summed E-state index contributed by atoms with van der Waals surface area (Å²) in [6, 6.07) is 3.18. The highest BCUT2D eigenvalue weighted by Gasteiger charge is 2.53. The van der Waals surface area contributed by atoms with E-state index in [4.69, 9.17) is 32.8 Å². The van der Waals surface area contributed by atoms with Crippen LogP contribution in [0.2, 0.25) is 0 Å². The lowest BCUT2D eigenvalue weighted by atomic mass is 9.96. The van der Waals surface area contributed by atoms with Gasteiger partial charge in [-0.2, -0.15) is 13.2 Å². The molecule has 0 aliphatic carbocycles. The van der Waals surface area contributed by atoms with Gasteiger partial charge in [-0.1, -0.05) is 0 Å². The number of halogens is 3. The van der Waals surface area contributed by atoms with Gasteiger partial charge in [0.25, 0.3) is 0 Å². The molecule has 3 saturated heterocycles. The summed E-state index contributed by atoms with van der Waals surface area (Å²) >= 11 is 0. The number of alkyl halides is 3. The summed E-state index contributed by atoms with van der Waals surface area (Å²) in [4.78, 5) is 11.7.